The number of benzene rings is 2. The molecule has 2 heterocycles. The van der Waals surface area contributed by atoms with Crippen LogP contribution in [0.25, 0.3) is 6.08 Å². The van der Waals surface area contributed by atoms with Crippen LogP contribution < -0.4 is 15.5 Å². The van der Waals surface area contributed by atoms with Gasteiger partial charge in [-0.15, -0.1) is 0 Å². The normalized spacial score (nSPS) is 22.2. The van der Waals surface area contributed by atoms with Crippen LogP contribution in [0.2, 0.25) is 0 Å². The highest BCUT2D eigenvalue weighted by atomic mass is 16.2. The van der Waals surface area contributed by atoms with Crippen molar-refractivity contribution < 1.29 is 9.59 Å². The average Bonchev–Trinajstić information content (AvgIpc) is 3.08. The molecule has 2 aromatic rings. The van der Waals surface area contributed by atoms with E-state index in [4.69, 9.17) is 0 Å². The highest BCUT2D eigenvalue weighted by Gasteiger charge is 2.52. The molecular weight excluding hydrogens is 400 g/mol. The summed E-state index contributed by atoms with van der Waals surface area (Å²) in [5.74, 6) is -0.0705. The maximum absolute atomic E-state index is 12.9. The van der Waals surface area contributed by atoms with Gasteiger partial charge < -0.3 is 10.2 Å². The Morgan fingerprint density at radius 2 is 1.72 bits per heavy atom. The fraction of sp³-hybridized carbons (Fsp3) is 0.385. The van der Waals surface area contributed by atoms with Crippen molar-refractivity contribution >= 4 is 23.7 Å². The molecule has 1 atom stereocenters. The average molecular weight is 433 g/mol. The van der Waals surface area contributed by atoms with Crippen LogP contribution in [0.3, 0.4) is 0 Å². The second-order valence-electron chi connectivity index (χ2n) is 9.01. The summed E-state index contributed by atoms with van der Waals surface area (Å²) in [6.45, 7) is 2.70. The number of amides is 3. The lowest BCUT2D eigenvalue weighted by atomic mass is 9.74. The molecule has 0 bridgehead atoms. The maximum atomic E-state index is 12.9. The van der Waals surface area contributed by atoms with Crippen molar-refractivity contribution in [3.8, 4) is 0 Å². The minimum absolute atomic E-state index is 0.118. The van der Waals surface area contributed by atoms with Gasteiger partial charge in [-0.3, -0.25) is 15.0 Å². The summed E-state index contributed by atoms with van der Waals surface area (Å²) in [4.78, 5) is 29.4. The van der Waals surface area contributed by atoms with Gasteiger partial charge in [0.2, 0.25) is 0 Å². The van der Waals surface area contributed by atoms with Crippen molar-refractivity contribution in [1.82, 2.24) is 15.5 Å². The Balaban J connectivity index is 1.36. The number of likely N-dealkylation sites (tertiary alicyclic amines) is 1. The number of carbonyl (C=O) groups excluding carboxylic acids is 2. The molecule has 6 nitrogen and oxygen atoms in total. The van der Waals surface area contributed by atoms with Gasteiger partial charge in [0, 0.05) is 32.7 Å². The first-order chi connectivity index (χ1) is 15.5. The first-order valence-electron chi connectivity index (χ1n) is 11.3. The number of nitrogens with zero attached hydrogens (tertiary/aromatic N) is 2. The predicted molar refractivity (Wildman–Crippen MR) is 129 cm³/mol. The Bertz CT molecular complexity index is 963. The quantitative estimate of drug-likeness (QED) is 0.659. The van der Waals surface area contributed by atoms with Crippen molar-refractivity contribution in [2.75, 3.05) is 38.6 Å². The van der Waals surface area contributed by atoms with E-state index in [9.17, 15) is 9.59 Å². The van der Waals surface area contributed by atoms with Gasteiger partial charge in [-0.05, 0) is 55.1 Å². The molecule has 0 unspecified atom stereocenters. The van der Waals surface area contributed by atoms with E-state index in [0.717, 1.165) is 38.0 Å². The zero-order valence-electron chi connectivity index (χ0n) is 18.9. The number of piperidine rings is 1. The first kappa shape index (κ1) is 22.1. The molecule has 3 amide bonds. The molecule has 2 aliphatic rings. The van der Waals surface area contributed by atoms with Crippen LogP contribution in [0.4, 0.5) is 10.5 Å². The molecule has 0 aliphatic carbocycles. The number of anilines is 1. The van der Waals surface area contributed by atoms with Crippen LogP contribution in [0.5, 0.6) is 0 Å². The Morgan fingerprint density at radius 3 is 2.31 bits per heavy atom. The molecular formula is C26H32N4O2. The number of urea groups is 1. The Kier molecular flexibility index (Phi) is 6.61. The maximum Gasteiger partial charge on any atom is 0.322 e. The molecule has 6 heteroatoms. The van der Waals surface area contributed by atoms with E-state index < -0.39 is 5.54 Å². The van der Waals surface area contributed by atoms with Crippen molar-refractivity contribution in [3.63, 3.8) is 0 Å². The molecule has 2 N–H and O–H groups in total. The van der Waals surface area contributed by atoms with Crippen LogP contribution >= 0.6 is 0 Å². The molecule has 32 heavy (non-hydrogen) atoms. The molecule has 4 rings (SSSR count). The molecule has 2 saturated heterocycles. The van der Waals surface area contributed by atoms with E-state index in [1.807, 2.05) is 44.4 Å². The third-order valence-electron chi connectivity index (χ3n) is 6.66. The lowest BCUT2D eigenvalue weighted by Gasteiger charge is -2.40. The standard InChI is InChI=1S/C26H32N4O2/c1-29(2)23-12-10-20(11-13-23)9-6-16-30-17-14-22(15-18-30)26(24(31)27-25(32)28-26)19-21-7-4-3-5-8-21/h3-13,22H,14-19H2,1-2H3,(H2,27,28,31,32)/b9-6+/t26-/m1/s1. The third-order valence-corrected chi connectivity index (χ3v) is 6.66. The van der Waals surface area contributed by atoms with E-state index in [-0.39, 0.29) is 17.9 Å². The van der Waals surface area contributed by atoms with Crippen molar-refractivity contribution in [1.29, 1.82) is 0 Å². The number of carbonyl (C=O) groups is 2. The Hall–Kier alpha value is -3.12. The van der Waals surface area contributed by atoms with Crippen LogP contribution in [-0.4, -0.2) is 56.1 Å². The molecule has 0 spiro atoms. The number of hydrogen-bond donors (Lipinski definition) is 2. The monoisotopic (exact) mass is 432 g/mol. The van der Waals surface area contributed by atoms with E-state index >= 15 is 0 Å². The van der Waals surface area contributed by atoms with E-state index in [0.29, 0.717) is 6.42 Å². The topological polar surface area (TPSA) is 64.7 Å². The van der Waals surface area contributed by atoms with Gasteiger partial charge in [-0.2, -0.15) is 0 Å². The van der Waals surface area contributed by atoms with Gasteiger partial charge in [0.05, 0.1) is 0 Å². The van der Waals surface area contributed by atoms with E-state index in [1.165, 1.54) is 11.3 Å². The second kappa shape index (κ2) is 9.57. The van der Waals surface area contributed by atoms with Crippen LogP contribution in [0.1, 0.15) is 24.0 Å². The smallest absolute Gasteiger partial charge is 0.322 e. The predicted octanol–water partition coefficient (Wildman–Crippen LogP) is 3.30. The SMILES string of the molecule is CN(C)c1ccc(/C=C/CN2CCC([C@@]3(Cc4ccccc4)NC(=O)NC3=O)CC2)cc1. The molecule has 0 saturated carbocycles. The van der Waals surface area contributed by atoms with Gasteiger partial charge in [0.25, 0.3) is 5.91 Å². The van der Waals surface area contributed by atoms with Crippen LogP contribution in [0.15, 0.2) is 60.7 Å². The van der Waals surface area contributed by atoms with Crippen molar-refractivity contribution in [2.24, 2.45) is 5.92 Å². The molecule has 168 valence electrons. The molecule has 2 aromatic carbocycles. The summed E-state index contributed by atoms with van der Waals surface area (Å²) in [6.07, 6.45) is 6.65. The van der Waals surface area contributed by atoms with E-state index in [2.05, 4.69) is 56.9 Å². The zero-order chi connectivity index (χ0) is 22.6. The van der Waals surface area contributed by atoms with Gasteiger partial charge in [-0.1, -0.05) is 54.6 Å². The largest absolute Gasteiger partial charge is 0.378 e. The molecule has 0 aromatic heterocycles. The minimum atomic E-state index is -0.853. The summed E-state index contributed by atoms with van der Waals surface area (Å²) >= 11 is 0. The Labute approximate surface area is 190 Å². The van der Waals surface area contributed by atoms with Crippen LogP contribution in [-0.2, 0) is 11.2 Å². The fourth-order valence-electron chi connectivity index (χ4n) is 4.81. The van der Waals surface area contributed by atoms with Crippen LogP contribution in [0, 0.1) is 5.92 Å². The summed E-state index contributed by atoms with van der Waals surface area (Å²) in [7, 11) is 4.08. The molecule has 0 radical (unpaired) electrons. The highest BCUT2D eigenvalue weighted by Crippen LogP contribution is 2.34. The van der Waals surface area contributed by atoms with Crippen molar-refractivity contribution in [3.05, 3.63) is 71.8 Å². The number of rotatable bonds is 7. The Morgan fingerprint density at radius 1 is 1.03 bits per heavy atom. The third kappa shape index (κ3) is 4.86. The van der Waals surface area contributed by atoms with E-state index in [1.54, 1.807) is 0 Å². The lowest BCUT2D eigenvalue weighted by molar-refractivity contribution is -0.126. The molecule has 2 fully saturated rings. The number of hydrogen-bond acceptors (Lipinski definition) is 4. The minimum Gasteiger partial charge on any atom is -0.378 e. The first-order valence-corrected chi connectivity index (χ1v) is 11.3. The second-order valence-corrected chi connectivity index (χ2v) is 9.01. The lowest BCUT2D eigenvalue weighted by Crippen LogP contribution is -2.57. The number of imide groups is 1. The van der Waals surface area contributed by atoms with Gasteiger partial charge in [0.1, 0.15) is 5.54 Å². The summed E-state index contributed by atoms with van der Waals surface area (Å²) in [5, 5.41) is 5.47. The fourth-order valence-corrected chi connectivity index (χ4v) is 4.81. The highest BCUT2D eigenvalue weighted by molar-refractivity contribution is 6.07. The van der Waals surface area contributed by atoms with Gasteiger partial charge >= 0.3 is 6.03 Å². The summed E-state index contributed by atoms with van der Waals surface area (Å²) in [5.41, 5.74) is 2.60. The zero-order valence-corrected chi connectivity index (χ0v) is 18.9. The summed E-state index contributed by atoms with van der Waals surface area (Å²) < 4.78 is 0. The molecule has 2 aliphatic heterocycles. The van der Waals surface area contributed by atoms with Gasteiger partial charge in [0.15, 0.2) is 0 Å². The summed E-state index contributed by atoms with van der Waals surface area (Å²) in [6, 6.07) is 18.1. The van der Waals surface area contributed by atoms with Gasteiger partial charge in [-0.25, -0.2) is 4.79 Å². The number of nitrogens with one attached hydrogen (secondary N) is 2. The van der Waals surface area contributed by atoms with Crippen molar-refractivity contribution in [2.45, 2.75) is 24.8 Å².